The first-order chi connectivity index (χ1) is 17.1. The van der Waals surface area contributed by atoms with E-state index in [1.807, 2.05) is 6.92 Å². The summed E-state index contributed by atoms with van der Waals surface area (Å²) in [7, 11) is 0. The Morgan fingerprint density at radius 2 is 1.86 bits per heavy atom. The van der Waals surface area contributed by atoms with Crippen molar-refractivity contribution in [2.24, 2.45) is 5.92 Å². The SMILES string of the molecule is CCC(C)C(NC(=O)Nc1cccc(C(F)(F)F)c1)C(=O)Nc1nnc(-c2ccc3c(c2)OCO3)s1. The van der Waals surface area contributed by atoms with Gasteiger partial charge in [-0.15, -0.1) is 10.2 Å². The molecule has 9 nitrogen and oxygen atoms in total. The van der Waals surface area contributed by atoms with Crippen molar-refractivity contribution < 1.29 is 32.2 Å². The summed E-state index contributed by atoms with van der Waals surface area (Å²) in [6.45, 7) is 3.76. The minimum Gasteiger partial charge on any atom is -0.454 e. The van der Waals surface area contributed by atoms with Gasteiger partial charge in [0, 0.05) is 11.3 Å². The largest absolute Gasteiger partial charge is 0.454 e. The lowest BCUT2D eigenvalue weighted by Gasteiger charge is -2.23. The minimum atomic E-state index is -4.55. The minimum absolute atomic E-state index is 0.0527. The standard InChI is InChI=1S/C23H22F3N5O4S/c1-3-12(2)18(28-21(33)27-15-6-4-5-14(10-15)23(24,25)26)19(32)29-22-31-30-20(36-22)13-7-8-16-17(9-13)35-11-34-16/h4-10,12,18H,3,11H2,1-2H3,(H2,27,28,33)(H,29,31,32). The van der Waals surface area contributed by atoms with Crippen LogP contribution in [-0.4, -0.2) is 35.0 Å². The normalized spacial score (nSPS) is 14.1. The summed E-state index contributed by atoms with van der Waals surface area (Å²) in [5.41, 5.74) is -0.219. The van der Waals surface area contributed by atoms with Crippen molar-refractivity contribution in [1.29, 1.82) is 0 Å². The highest BCUT2D eigenvalue weighted by atomic mass is 32.1. The van der Waals surface area contributed by atoms with Crippen LogP contribution in [0.4, 0.5) is 28.8 Å². The summed E-state index contributed by atoms with van der Waals surface area (Å²) in [5.74, 6) is 0.402. The van der Waals surface area contributed by atoms with Crippen LogP contribution in [0.25, 0.3) is 10.6 Å². The zero-order valence-corrected chi connectivity index (χ0v) is 20.0. The highest BCUT2D eigenvalue weighted by molar-refractivity contribution is 7.18. The van der Waals surface area contributed by atoms with Crippen LogP contribution in [0.15, 0.2) is 42.5 Å². The molecule has 0 radical (unpaired) electrons. The van der Waals surface area contributed by atoms with Crippen molar-refractivity contribution in [2.75, 3.05) is 17.4 Å². The summed E-state index contributed by atoms with van der Waals surface area (Å²) in [4.78, 5) is 25.5. The second-order valence-electron chi connectivity index (χ2n) is 8.01. The number of hydrogen-bond acceptors (Lipinski definition) is 7. The number of ether oxygens (including phenoxy) is 2. The molecule has 36 heavy (non-hydrogen) atoms. The summed E-state index contributed by atoms with van der Waals surface area (Å²) in [6.07, 6.45) is -3.99. The van der Waals surface area contributed by atoms with Crippen molar-refractivity contribution in [2.45, 2.75) is 32.5 Å². The summed E-state index contributed by atoms with van der Waals surface area (Å²) >= 11 is 1.14. The van der Waals surface area contributed by atoms with Crippen molar-refractivity contribution in [3.8, 4) is 22.1 Å². The molecule has 0 aliphatic carbocycles. The third-order valence-electron chi connectivity index (χ3n) is 5.50. The quantitative estimate of drug-likeness (QED) is 0.397. The molecule has 0 saturated carbocycles. The van der Waals surface area contributed by atoms with Gasteiger partial charge < -0.3 is 20.1 Å². The predicted octanol–water partition coefficient (Wildman–Crippen LogP) is 5.13. The molecule has 2 aromatic carbocycles. The van der Waals surface area contributed by atoms with Crippen LogP contribution in [-0.2, 0) is 11.0 Å². The van der Waals surface area contributed by atoms with E-state index < -0.39 is 29.7 Å². The number of halogens is 3. The number of carbonyl (C=O) groups excluding carboxylic acids is 2. The fourth-order valence-corrected chi connectivity index (χ4v) is 4.13. The molecule has 3 amide bonds. The topological polar surface area (TPSA) is 114 Å². The van der Waals surface area contributed by atoms with Crippen molar-refractivity contribution >= 4 is 34.1 Å². The number of fused-ring (bicyclic) bond motifs is 1. The van der Waals surface area contributed by atoms with Crippen LogP contribution in [0.1, 0.15) is 25.8 Å². The third-order valence-corrected chi connectivity index (χ3v) is 6.39. The molecular weight excluding hydrogens is 499 g/mol. The molecule has 0 saturated heterocycles. The smallest absolute Gasteiger partial charge is 0.416 e. The van der Waals surface area contributed by atoms with Gasteiger partial charge in [-0.25, -0.2) is 4.79 Å². The highest BCUT2D eigenvalue weighted by Gasteiger charge is 2.31. The summed E-state index contributed by atoms with van der Waals surface area (Å²) < 4.78 is 49.5. The molecule has 1 aliphatic rings. The second-order valence-corrected chi connectivity index (χ2v) is 8.99. The molecule has 190 valence electrons. The van der Waals surface area contributed by atoms with Gasteiger partial charge in [0.05, 0.1) is 5.56 Å². The van der Waals surface area contributed by atoms with Gasteiger partial charge in [0.1, 0.15) is 11.0 Å². The average molecular weight is 522 g/mol. The maximum absolute atomic E-state index is 13.0. The van der Waals surface area contributed by atoms with E-state index in [9.17, 15) is 22.8 Å². The molecule has 3 N–H and O–H groups in total. The highest BCUT2D eigenvalue weighted by Crippen LogP contribution is 2.37. The number of aromatic nitrogens is 2. The van der Waals surface area contributed by atoms with Gasteiger partial charge in [0.25, 0.3) is 0 Å². The molecule has 0 bridgehead atoms. The molecule has 1 aliphatic heterocycles. The Kier molecular flexibility index (Phi) is 7.29. The lowest BCUT2D eigenvalue weighted by molar-refractivity contribution is -0.137. The van der Waals surface area contributed by atoms with Gasteiger partial charge in [-0.2, -0.15) is 13.2 Å². The molecule has 2 heterocycles. The molecule has 0 spiro atoms. The summed E-state index contributed by atoms with van der Waals surface area (Å²) in [5, 5.41) is 16.4. The van der Waals surface area contributed by atoms with E-state index in [0.29, 0.717) is 22.9 Å². The Morgan fingerprint density at radius 1 is 1.08 bits per heavy atom. The lowest BCUT2D eigenvalue weighted by atomic mass is 9.98. The number of alkyl halides is 3. The fraction of sp³-hybridized carbons (Fsp3) is 0.304. The zero-order valence-electron chi connectivity index (χ0n) is 19.2. The van der Waals surface area contributed by atoms with Crippen LogP contribution < -0.4 is 25.4 Å². The first-order valence-electron chi connectivity index (χ1n) is 10.9. The molecule has 13 heteroatoms. The Morgan fingerprint density at radius 3 is 2.61 bits per heavy atom. The Bertz CT molecular complexity index is 1270. The molecular formula is C23H22F3N5O4S. The zero-order chi connectivity index (χ0) is 25.9. The number of hydrogen-bond donors (Lipinski definition) is 3. The van der Waals surface area contributed by atoms with E-state index in [1.165, 1.54) is 12.1 Å². The molecule has 2 unspecified atom stereocenters. The fourth-order valence-electron chi connectivity index (χ4n) is 3.39. The van der Waals surface area contributed by atoms with E-state index >= 15 is 0 Å². The van der Waals surface area contributed by atoms with Crippen molar-refractivity contribution in [3.05, 3.63) is 48.0 Å². The monoisotopic (exact) mass is 521 g/mol. The number of nitrogens with zero attached hydrogens (tertiary/aromatic N) is 2. The molecule has 3 aromatic rings. The predicted molar refractivity (Wildman–Crippen MR) is 127 cm³/mol. The van der Waals surface area contributed by atoms with Crippen molar-refractivity contribution in [1.82, 2.24) is 15.5 Å². The Balaban J connectivity index is 1.42. The van der Waals surface area contributed by atoms with Gasteiger partial charge in [-0.05, 0) is 42.3 Å². The van der Waals surface area contributed by atoms with Gasteiger partial charge in [-0.1, -0.05) is 37.7 Å². The van der Waals surface area contributed by atoms with Crippen LogP contribution in [0.3, 0.4) is 0 Å². The number of rotatable bonds is 7. The second kappa shape index (κ2) is 10.4. The third kappa shape index (κ3) is 5.85. The molecule has 1 aromatic heterocycles. The van der Waals surface area contributed by atoms with Gasteiger partial charge in [0.2, 0.25) is 17.8 Å². The Hall–Kier alpha value is -3.87. The van der Waals surface area contributed by atoms with E-state index in [4.69, 9.17) is 9.47 Å². The van der Waals surface area contributed by atoms with Crippen LogP contribution in [0.2, 0.25) is 0 Å². The number of urea groups is 1. The first-order valence-corrected chi connectivity index (χ1v) is 11.7. The van der Waals surface area contributed by atoms with Gasteiger partial charge >= 0.3 is 12.2 Å². The number of carbonyl (C=O) groups is 2. The first kappa shape index (κ1) is 25.2. The van der Waals surface area contributed by atoms with Crippen LogP contribution in [0, 0.1) is 5.92 Å². The number of nitrogens with one attached hydrogen (secondary N) is 3. The number of amides is 3. The van der Waals surface area contributed by atoms with E-state index in [-0.39, 0.29) is 23.5 Å². The van der Waals surface area contributed by atoms with E-state index in [2.05, 4.69) is 26.1 Å². The van der Waals surface area contributed by atoms with Crippen molar-refractivity contribution in [3.63, 3.8) is 0 Å². The average Bonchev–Trinajstić information content (AvgIpc) is 3.50. The Labute approximate surface area is 208 Å². The number of benzene rings is 2. The maximum atomic E-state index is 13.0. The van der Waals surface area contributed by atoms with Crippen LogP contribution in [0.5, 0.6) is 11.5 Å². The van der Waals surface area contributed by atoms with Gasteiger partial charge in [0.15, 0.2) is 11.5 Å². The molecule has 4 rings (SSSR count). The molecule has 0 fully saturated rings. The summed E-state index contributed by atoms with van der Waals surface area (Å²) in [6, 6.07) is 7.75. The van der Waals surface area contributed by atoms with E-state index in [0.717, 1.165) is 29.0 Å². The van der Waals surface area contributed by atoms with Gasteiger partial charge in [-0.3, -0.25) is 10.1 Å². The lowest BCUT2D eigenvalue weighted by Crippen LogP contribution is -2.49. The van der Waals surface area contributed by atoms with E-state index in [1.54, 1.807) is 25.1 Å². The van der Waals surface area contributed by atoms with Crippen LogP contribution >= 0.6 is 11.3 Å². The maximum Gasteiger partial charge on any atom is 0.416 e. The molecule has 2 atom stereocenters. The number of anilines is 2.